The minimum atomic E-state index is -4.96. The van der Waals surface area contributed by atoms with Crippen LogP contribution in [-0.4, -0.2) is 96.7 Å². The first kappa shape index (κ1) is 100. The number of aliphatic hydroxyl groups is 1. The molecule has 0 heterocycles. The van der Waals surface area contributed by atoms with Gasteiger partial charge in [-0.05, 0) is 37.5 Å². The molecule has 606 valence electrons. The average molecular weight is 1490 g/mol. The van der Waals surface area contributed by atoms with Gasteiger partial charge in [-0.2, -0.15) is 0 Å². The van der Waals surface area contributed by atoms with Gasteiger partial charge in [0.1, 0.15) is 19.3 Å². The molecule has 0 aromatic heterocycles. The van der Waals surface area contributed by atoms with Crippen molar-refractivity contribution in [3.05, 3.63) is 0 Å². The lowest BCUT2D eigenvalue weighted by Gasteiger charge is -2.21. The number of ether oxygens (including phenoxy) is 4. The molecule has 5 atom stereocenters. The molecule has 0 amide bonds. The average Bonchev–Trinajstić information content (AvgIpc) is 0.936. The molecule has 0 saturated heterocycles. The maximum atomic E-state index is 13.1. The van der Waals surface area contributed by atoms with Gasteiger partial charge < -0.3 is 33.8 Å². The summed E-state index contributed by atoms with van der Waals surface area (Å²) in [5.41, 5.74) is 0. The van der Waals surface area contributed by atoms with Gasteiger partial charge in [-0.1, -0.05) is 388 Å². The lowest BCUT2D eigenvalue weighted by atomic mass is 10.0. The molecule has 3 N–H and O–H groups in total. The lowest BCUT2D eigenvalue weighted by molar-refractivity contribution is -0.161. The highest BCUT2D eigenvalue weighted by atomic mass is 31.2. The van der Waals surface area contributed by atoms with E-state index in [1.807, 2.05) is 0 Å². The molecule has 102 heavy (non-hydrogen) atoms. The number of esters is 4. The fraction of sp³-hybridized carbons (Fsp3) is 0.952. The highest BCUT2D eigenvalue weighted by Crippen LogP contribution is 2.45. The minimum Gasteiger partial charge on any atom is -0.462 e. The summed E-state index contributed by atoms with van der Waals surface area (Å²) >= 11 is 0. The molecule has 19 heteroatoms. The van der Waals surface area contributed by atoms with Crippen LogP contribution < -0.4 is 0 Å². The van der Waals surface area contributed by atoms with E-state index < -0.39 is 97.5 Å². The summed E-state index contributed by atoms with van der Waals surface area (Å²) in [4.78, 5) is 73.1. The molecule has 0 rings (SSSR count). The van der Waals surface area contributed by atoms with Gasteiger partial charge in [0.2, 0.25) is 0 Å². The molecule has 0 saturated carbocycles. The largest absolute Gasteiger partial charge is 0.472 e. The Labute approximate surface area is 626 Å². The van der Waals surface area contributed by atoms with Gasteiger partial charge in [0.25, 0.3) is 0 Å². The van der Waals surface area contributed by atoms with E-state index in [0.29, 0.717) is 25.7 Å². The second kappa shape index (κ2) is 74.5. The summed E-state index contributed by atoms with van der Waals surface area (Å²) in [6, 6.07) is 0. The van der Waals surface area contributed by atoms with Crippen molar-refractivity contribution in [2.24, 2.45) is 11.8 Å². The van der Waals surface area contributed by atoms with Crippen molar-refractivity contribution in [3.63, 3.8) is 0 Å². The SMILES string of the molecule is CCCCCCCCCCCCCCCCC(=O)O[C@H](COC(=O)CCCCCCCCCCCC)COP(=O)(O)OC[C@H](O)COP(=O)(O)OC[C@@H](COC(=O)CCCCCCCCCCCCCCCCC(C)C)OC(=O)CCCCCCCCCCCCCCCCCCCCC(C)C. The van der Waals surface area contributed by atoms with Crippen LogP contribution >= 0.6 is 15.6 Å². The second-order valence-electron chi connectivity index (χ2n) is 30.8. The van der Waals surface area contributed by atoms with Gasteiger partial charge in [0.15, 0.2) is 12.2 Å². The molecule has 0 spiro atoms. The van der Waals surface area contributed by atoms with Crippen LogP contribution in [0.3, 0.4) is 0 Å². The summed E-state index contributed by atoms with van der Waals surface area (Å²) < 4.78 is 68.8. The fourth-order valence-electron chi connectivity index (χ4n) is 12.9. The van der Waals surface area contributed by atoms with Crippen LogP contribution in [0.5, 0.6) is 0 Å². The molecule has 0 fully saturated rings. The lowest BCUT2D eigenvalue weighted by Crippen LogP contribution is -2.30. The van der Waals surface area contributed by atoms with E-state index in [0.717, 1.165) is 102 Å². The third kappa shape index (κ3) is 76.3. The Balaban J connectivity index is 5.22. The first-order chi connectivity index (χ1) is 49.4. The number of hydrogen-bond acceptors (Lipinski definition) is 15. The van der Waals surface area contributed by atoms with Gasteiger partial charge in [0, 0.05) is 25.7 Å². The number of phosphoric ester groups is 2. The van der Waals surface area contributed by atoms with Crippen molar-refractivity contribution >= 4 is 39.5 Å². The Hall–Kier alpha value is -1.94. The van der Waals surface area contributed by atoms with E-state index in [9.17, 15) is 43.2 Å². The van der Waals surface area contributed by atoms with Crippen molar-refractivity contribution in [1.82, 2.24) is 0 Å². The normalized spacial score (nSPS) is 13.9. The molecular formula is C83H162O17P2. The molecule has 17 nitrogen and oxygen atoms in total. The number of unbranched alkanes of at least 4 members (excludes halogenated alkanes) is 52. The Bertz CT molecular complexity index is 1960. The van der Waals surface area contributed by atoms with Crippen LogP contribution in [0.15, 0.2) is 0 Å². The van der Waals surface area contributed by atoms with E-state index in [2.05, 4.69) is 41.5 Å². The summed E-state index contributed by atoms with van der Waals surface area (Å²) in [6.07, 6.45) is 65.2. The van der Waals surface area contributed by atoms with Crippen molar-refractivity contribution in [3.8, 4) is 0 Å². The van der Waals surface area contributed by atoms with E-state index >= 15 is 0 Å². The maximum Gasteiger partial charge on any atom is 0.472 e. The van der Waals surface area contributed by atoms with Gasteiger partial charge in [0.05, 0.1) is 26.4 Å². The summed E-state index contributed by atoms with van der Waals surface area (Å²) in [5, 5.41) is 10.7. The standard InChI is InChI=1S/C83H162O17P2/c1-7-9-11-13-15-17-19-20-31-37-43-49-55-61-67-82(87)99-78(71-93-80(85)65-59-53-47-41-18-16-14-12-10-8-2)73-97-101(89,90)95-69-77(84)70-96-102(91,92)98-74-79(72-94-81(86)66-60-54-48-42-36-32-28-27-30-35-40-46-52-58-64-76(5)6)100-83(88)68-62-56-50-44-38-33-26-24-22-21-23-25-29-34-39-45-51-57-63-75(3)4/h75-79,84H,7-74H2,1-6H3,(H,89,90)(H,91,92)/t77-,78+,79+/m0/s1. The first-order valence-electron chi connectivity index (χ1n) is 43.0. The molecule has 0 aliphatic rings. The first-order valence-corrected chi connectivity index (χ1v) is 46.0. The fourth-order valence-corrected chi connectivity index (χ4v) is 14.5. The zero-order chi connectivity index (χ0) is 74.9. The highest BCUT2D eigenvalue weighted by molar-refractivity contribution is 7.47. The van der Waals surface area contributed by atoms with Crippen LogP contribution in [0.2, 0.25) is 0 Å². The van der Waals surface area contributed by atoms with Crippen LogP contribution in [0.25, 0.3) is 0 Å². The van der Waals surface area contributed by atoms with Crippen molar-refractivity contribution < 1.29 is 80.2 Å². The van der Waals surface area contributed by atoms with Crippen LogP contribution in [0, 0.1) is 11.8 Å². The molecule has 0 bridgehead atoms. The number of phosphoric acid groups is 2. The van der Waals surface area contributed by atoms with Crippen LogP contribution in [0.4, 0.5) is 0 Å². The second-order valence-corrected chi connectivity index (χ2v) is 33.7. The minimum absolute atomic E-state index is 0.108. The quantitative estimate of drug-likeness (QED) is 0.0222. The van der Waals surface area contributed by atoms with Gasteiger partial charge in [-0.3, -0.25) is 37.3 Å². The predicted octanol–water partition coefficient (Wildman–Crippen LogP) is 25.1. The number of carbonyl (C=O) groups is 4. The molecule has 0 aliphatic heterocycles. The van der Waals surface area contributed by atoms with Crippen molar-refractivity contribution in [2.75, 3.05) is 39.6 Å². The van der Waals surface area contributed by atoms with Gasteiger partial charge in [-0.25, -0.2) is 9.13 Å². The molecule has 0 radical (unpaired) electrons. The smallest absolute Gasteiger partial charge is 0.462 e. The van der Waals surface area contributed by atoms with Crippen LogP contribution in [-0.2, 0) is 65.4 Å². The summed E-state index contributed by atoms with van der Waals surface area (Å²) in [6.45, 7) is 9.71. The number of carbonyl (C=O) groups excluding carboxylic acids is 4. The molecule has 0 aliphatic carbocycles. The maximum absolute atomic E-state index is 13.1. The highest BCUT2D eigenvalue weighted by Gasteiger charge is 2.30. The Morgan fingerprint density at radius 1 is 0.265 bits per heavy atom. The van der Waals surface area contributed by atoms with Crippen molar-refractivity contribution in [1.29, 1.82) is 0 Å². The number of hydrogen-bond donors (Lipinski definition) is 3. The predicted molar refractivity (Wildman–Crippen MR) is 418 cm³/mol. The molecular weight excluding hydrogens is 1330 g/mol. The number of rotatable bonds is 82. The molecule has 0 aromatic rings. The van der Waals surface area contributed by atoms with E-state index in [4.69, 9.17) is 37.0 Å². The zero-order valence-electron chi connectivity index (χ0n) is 66.9. The zero-order valence-corrected chi connectivity index (χ0v) is 68.7. The van der Waals surface area contributed by atoms with E-state index in [1.54, 1.807) is 0 Å². The van der Waals surface area contributed by atoms with E-state index in [-0.39, 0.29) is 25.7 Å². The monoisotopic (exact) mass is 1490 g/mol. The Morgan fingerprint density at radius 2 is 0.451 bits per heavy atom. The molecule has 0 aromatic carbocycles. The third-order valence-electron chi connectivity index (χ3n) is 19.5. The topological polar surface area (TPSA) is 237 Å². The van der Waals surface area contributed by atoms with Gasteiger partial charge >= 0.3 is 39.5 Å². The Morgan fingerprint density at radius 3 is 0.667 bits per heavy atom. The van der Waals surface area contributed by atoms with E-state index in [1.165, 1.54) is 257 Å². The third-order valence-corrected chi connectivity index (χ3v) is 21.4. The van der Waals surface area contributed by atoms with Gasteiger partial charge in [-0.15, -0.1) is 0 Å². The summed E-state index contributed by atoms with van der Waals surface area (Å²) in [5.74, 6) is -0.485. The number of aliphatic hydroxyl groups excluding tert-OH is 1. The van der Waals surface area contributed by atoms with Crippen LogP contribution in [0.1, 0.15) is 440 Å². The van der Waals surface area contributed by atoms with Crippen molar-refractivity contribution in [2.45, 2.75) is 458 Å². The summed E-state index contributed by atoms with van der Waals surface area (Å²) in [7, 11) is -9.92. The Kier molecular flexibility index (Phi) is 73.1. The molecule has 2 unspecified atom stereocenters.